The fourth-order valence-corrected chi connectivity index (χ4v) is 2.93. The number of rotatable bonds is 6. The fraction of sp³-hybridized carbons (Fsp3) is 0.222. The van der Waals surface area contributed by atoms with Crippen LogP contribution < -0.4 is 15.0 Å². The van der Waals surface area contributed by atoms with Crippen molar-refractivity contribution in [2.75, 3.05) is 0 Å². The standard InChI is InChI=1S/C18H19N3O4S/c1-12-5-4-6-17(13(12)2)25-14(3)18(22)20-21-26(23,24)16-9-7-15(11-19)8-10-16/h4-10,14,21H,1-3H3,(H,20,22)/t14-/m1/s1. The van der Waals surface area contributed by atoms with E-state index in [0.717, 1.165) is 11.1 Å². The Hall–Kier alpha value is -2.89. The van der Waals surface area contributed by atoms with Crippen molar-refractivity contribution in [2.45, 2.75) is 31.8 Å². The highest BCUT2D eigenvalue weighted by molar-refractivity contribution is 7.89. The lowest BCUT2D eigenvalue weighted by Gasteiger charge is -2.17. The van der Waals surface area contributed by atoms with Crippen LogP contribution in [-0.2, 0) is 14.8 Å². The zero-order chi connectivity index (χ0) is 19.3. The largest absolute Gasteiger partial charge is 0.481 e. The van der Waals surface area contributed by atoms with E-state index < -0.39 is 22.0 Å². The molecule has 0 aromatic heterocycles. The number of sulfonamides is 1. The van der Waals surface area contributed by atoms with E-state index in [0.29, 0.717) is 11.3 Å². The van der Waals surface area contributed by atoms with Gasteiger partial charge in [-0.2, -0.15) is 5.26 Å². The van der Waals surface area contributed by atoms with Crippen LogP contribution >= 0.6 is 0 Å². The molecule has 7 nitrogen and oxygen atoms in total. The molecule has 136 valence electrons. The predicted molar refractivity (Wildman–Crippen MR) is 95.6 cm³/mol. The predicted octanol–water partition coefficient (Wildman–Crippen LogP) is 1.95. The topological polar surface area (TPSA) is 108 Å². The Kier molecular flexibility index (Phi) is 5.97. The molecule has 0 spiro atoms. The first kappa shape index (κ1) is 19.4. The highest BCUT2D eigenvalue weighted by atomic mass is 32.2. The van der Waals surface area contributed by atoms with Crippen LogP contribution in [0.4, 0.5) is 0 Å². The maximum absolute atomic E-state index is 12.2. The summed E-state index contributed by atoms with van der Waals surface area (Å²) in [5.74, 6) is -0.0780. The molecule has 2 rings (SSSR count). The first-order valence-electron chi connectivity index (χ1n) is 7.79. The van der Waals surface area contributed by atoms with Crippen LogP contribution in [-0.4, -0.2) is 20.4 Å². The Morgan fingerprint density at radius 3 is 2.42 bits per heavy atom. The Bertz CT molecular complexity index is 947. The van der Waals surface area contributed by atoms with E-state index in [9.17, 15) is 13.2 Å². The lowest BCUT2D eigenvalue weighted by Crippen LogP contribution is -2.47. The molecule has 0 aliphatic rings. The van der Waals surface area contributed by atoms with Gasteiger partial charge in [0.15, 0.2) is 6.10 Å². The third kappa shape index (κ3) is 4.59. The third-order valence-corrected chi connectivity index (χ3v) is 5.09. The summed E-state index contributed by atoms with van der Waals surface area (Å²) in [4.78, 5) is 14.1. The average Bonchev–Trinajstić information content (AvgIpc) is 2.63. The maximum atomic E-state index is 12.2. The number of hydrogen-bond donors (Lipinski definition) is 2. The monoisotopic (exact) mass is 373 g/mol. The fourth-order valence-electron chi connectivity index (χ4n) is 2.08. The van der Waals surface area contributed by atoms with E-state index in [4.69, 9.17) is 10.00 Å². The molecule has 0 saturated carbocycles. The van der Waals surface area contributed by atoms with Crippen molar-refractivity contribution in [2.24, 2.45) is 0 Å². The first-order valence-corrected chi connectivity index (χ1v) is 9.27. The number of nitrogens with zero attached hydrogens (tertiary/aromatic N) is 1. The summed E-state index contributed by atoms with van der Waals surface area (Å²) in [7, 11) is -3.95. The number of nitriles is 1. The molecule has 2 N–H and O–H groups in total. The zero-order valence-electron chi connectivity index (χ0n) is 14.6. The quantitative estimate of drug-likeness (QED) is 0.753. The second-order valence-corrected chi connectivity index (χ2v) is 7.37. The van der Waals surface area contributed by atoms with Gasteiger partial charge in [0.2, 0.25) is 0 Å². The number of hydrazine groups is 1. The molecule has 2 aromatic carbocycles. The molecule has 2 aromatic rings. The summed E-state index contributed by atoms with van der Waals surface area (Å²) in [6, 6.07) is 12.7. The van der Waals surface area contributed by atoms with Crippen molar-refractivity contribution < 1.29 is 17.9 Å². The van der Waals surface area contributed by atoms with Crippen molar-refractivity contribution in [3.8, 4) is 11.8 Å². The van der Waals surface area contributed by atoms with Crippen LogP contribution in [0.3, 0.4) is 0 Å². The summed E-state index contributed by atoms with van der Waals surface area (Å²) in [6.45, 7) is 5.33. The number of aryl methyl sites for hydroxylation is 1. The van der Waals surface area contributed by atoms with Gasteiger partial charge in [-0.3, -0.25) is 10.2 Å². The highest BCUT2D eigenvalue weighted by Gasteiger charge is 2.20. The van der Waals surface area contributed by atoms with E-state index in [1.165, 1.54) is 31.2 Å². The van der Waals surface area contributed by atoms with Gasteiger partial charge in [0.05, 0.1) is 16.5 Å². The van der Waals surface area contributed by atoms with Gasteiger partial charge >= 0.3 is 0 Å². The Balaban J connectivity index is 2.00. The smallest absolute Gasteiger partial charge is 0.275 e. The Morgan fingerprint density at radius 2 is 1.81 bits per heavy atom. The lowest BCUT2D eigenvalue weighted by atomic mass is 10.1. The summed E-state index contributed by atoms with van der Waals surface area (Å²) < 4.78 is 29.9. The van der Waals surface area contributed by atoms with Gasteiger partial charge in [-0.15, -0.1) is 4.83 Å². The van der Waals surface area contributed by atoms with Crippen LogP contribution in [0.2, 0.25) is 0 Å². The normalized spacial score (nSPS) is 12.1. The zero-order valence-corrected chi connectivity index (χ0v) is 15.4. The van der Waals surface area contributed by atoms with Crippen LogP contribution in [0.1, 0.15) is 23.6 Å². The van der Waals surface area contributed by atoms with Crippen LogP contribution in [0.25, 0.3) is 0 Å². The van der Waals surface area contributed by atoms with E-state index >= 15 is 0 Å². The van der Waals surface area contributed by atoms with Gasteiger partial charge in [-0.05, 0) is 62.2 Å². The number of carbonyl (C=O) groups excluding carboxylic acids is 1. The van der Waals surface area contributed by atoms with Gasteiger partial charge in [0.25, 0.3) is 15.9 Å². The molecule has 8 heteroatoms. The Labute approximate surface area is 152 Å². The third-order valence-electron chi connectivity index (χ3n) is 3.83. The van der Waals surface area contributed by atoms with Crippen LogP contribution in [0.15, 0.2) is 47.4 Å². The summed E-state index contributed by atoms with van der Waals surface area (Å²) in [5, 5.41) is 8.74. The van der Waals surface area contributed by atoms with Crippen molar-refractivity contribution in [1.82, 2.24) is 10.3 Å². The van der Waals surface area contributed by atoms with E-state index in [-0.39, 0.29) is 4.90 Å². The highest BCUT2D eigenvalue weighted by Crippen LogP contribution is 2.21. The van der Waals surface area contributed by atoms with Gasteiger partial charge in [0, 0.05) is 0 Å². The lowest BCUT2D eigenvalue weighted by molar-refractivity contribution is -0.127. The van der Waals surface area contributed by atoms with E-state index in [1.807, 2.05) is 36.9 Å². The SMILES string of the molecule is Cc1cccc(O[C@H](C)C(=O)NNS(=O)(=O)c2ccc(C#N)cc2)c1C. The second kappa shape index (κ2) is 7.99. The molecule has 0 saturated heterocycles. The van der Waals surface area contributed by atoms with Crippen molar-refractivity contribution in [1.29, 1.82) is 5.26 Å². The molecule has 26 heavy (non-hydrogen) atoms. The minimum atomic E-state index is -3.95. The number of amides is 1. The van der Waals surface area contributed by atoms with Gasteiger partial charge < -0.3 is 4.74 Å². The van der Waals surface area contributed by atoms with Crippen LogP contribution in [0, 0.1) is 25.2 Å². The van der Waals surface area contributed by atoms with Gasteiger partial charge in [-0.25, -0.2) is 8.42 Å². The van der Waals surface area contributed by atoms with Crippen molar-refractivity contribution >= 4 is 15.9 Å². The molecule has 1 amide bonds. The number of hydrogen-bond acceptors (Lipinski definition) is 5. The molecule has 0 aliphatic heterocycles. The molecular weight excluding hydrogens is 354 g/mol. The number of nitrogens with one attached hydrogen (secondary N) is 2. The summed E-state index contributed by atoms with van der Waals surface area (Å²) >= 11 is 0. The maximum Gasteiger partial charge on any atom is 0.275 e. The second-order valence-electron chi connectivity index (χ2n) is 5.69. The Morgan fingerprint density at radius 1 is 1.15 bits per heavy atom. The van der Waals surface area contributed by atoms with E-state index in [2.05, 4.69) is 5.43 Å². The molecule has 0 fully saturated rings. The molecule has 0 unspecified atom stereocenters. The summed E-state index contributed by atoms with van der Waals surface area (Å²) in [5.41, 5.74) is 4.41. The summed E-state index contributed by atoms with van der Waals surface area (Å²) in [6.07, 6.45) is -0.904. The number of carbonyl (C=O) groups is 1. The molecule has 0 bridgehead atoms. The van der Waals surface area contributed by atoms with Crippen LogP contribution in [0.5, 0.6) is 5.75 Å². The van der Waals surface area contributed by atoms with Crippen molar-refractivity contribution in [3.63, 3.8) is 0 Å². The van der Waals surface area contributed by atoms with Crippen molar-refractivity contribution in [3.05, 3.63) is 59.2 Å². The number of benzene rings is 2. The van der Waals surface area contributed by atoms with Gasteiger partial charge in [0.1, 0.15) is 5.75 Å². The number of ether oxygens (including phenoxy) is 1. The molecule has 0 heterocycles. The molecule has 0 aliphatic carbocycles. The molecule has 1 atom stereocenters. The minimum absolute atomic E-state index is 0.0695. The first-order chi connectivity index (χ1) is 12.2. The minimum Gasteiger partial charge on any atom is -0.481 e. The molecule has 0 radical (unpaired) electrons. The van der Waals surface area contributed by atoms with E-state index in [1.54, 1.807) is 6.07 Å². The van der Waals surface area contributed by atoms with Gasteiger partial charge in [-0.1, -0.05) is 12.1 Å². The average molecular weight is 373 g/mol. The molecular formula is C18H19N3O4S.